The molecule has 6 rings (SSSR count). The molecule has 2 fully saturated rings. The molecule has 37 heavy (non-hydrogen) atoms. The van der Waals surface area contributed by atoms with Crippen LogP contribution in [0, 0.1) is 24.2 Å². The lowest BCUT2D eigenvalue weighted by Gasteiger charge is -2.13. The molecule has 1 amide bonds. The van der Waals surface area contributed by atoms with Crippen molar-refractivity contribution in [1.82, 2.24) is 4.98 Å². The summed E-state index contributed by atoms with van der Waals surface area (Å²) in [5, 5.41) is 13.3. The first-order chi connectivity index (χ1) is 17.9. The molecule has 184 valence electrons. The van der Waals surface area contributed by atoms with Crippen LogP contribution >= 0.6 is 11.3 Å². The lowest BCUT2D eigenvalue weighted by Crippen LogP contribution is -2.14. The van der Waals surface area contributed by atoms with Gasteiger partial charge in [0.05, 0.1) is 28.1 Å². The van der Waals surface area contributed by atoms with Gasteiger partial charge in [-0.1, -0.05) is 18.2 Å². The number of benzene rings is 3. The van der Waals surface area contributed by atoms with Crippen molar-refractivity contribution in [1.29, 1.82) is 5.26 Å². The van der Waals surface area contributed by atoms with E-state index in [9.17, 15) is 14.9 Å². The number of thiazole rings is 1. The first-order valence-electron chi connectivity index (χ1n) is 12.5. The number of fused-ring (bicyclic) bond motifs is 1. The maximum absolute atomic E-state index is 13.0. The molecule has 0 atom stereocenters. The first-order valence-corrected chi connectivity index (χ1v) is 13.3. The Labute approximate surface area is 218 Å². The smallest absolute Gasteiger partial charge is 0.255 e. The number of aromatic nitrogens is 1. The Morgan fingerprint density at radius 3 is 2.65 bits per heavy atom. The van der Waals surface area contributed by atoms with Gasteiger partial charge in [0.1, 0.15) is 22.3 Å². The second-order valence-corrected chi connectivity index (χ2v) is 11.1. The number of amides is 1. The highest BCUT2D eigenvalue weighted by molar-refractivity contribution is 7.18. The number of anilines is 1. The predicted octanol–water partition coefficient (Wildman–Crippen LogP) is 6.73. The van der Waals surface area contributed by atoms with Gasteiger partial charge in [-0.05, 0) is 74.1 Å². The molecular formula is C30H25N3O3S. The largest absolute Gasteiger partial charge is 0.457 e. The summed E-state index contributed by atoms with van der Waals surface area (Å²) in [4.78, 5) is 29.8. The molecule has 1 N–H and O–H groups in total. The molecule has 0 radical (unpaired) electrons. The van der Waals surface area contributed by atoms with Crippen molar-refractivity contribution < 1.29 is 14.3 Å². The van der Waals surface area contributed by atoms with Crippen molar-refractivity contribution in [2.75, 3.05) is 5.32 Å². The fourth-order valence-corrected chi connectivity index (χ4v) is 5.47. The number of ether oxygens (including phenoxy) is 1. The van der Waals surface area contributed by atoms with E-state index in [4.69, 9.17) is 4.74 Å². The highest BCUT2D eigenvalue weighted by atomic mass is 32.1. The fourth-order valence-electron chi connectivity index (χ4n) is 4.47. The minimum absolute atomic E-state index is 0.227. The Balaban J connectivity index is 1.17. The number of rotatable bonds is 8. The molecule has 2 aliphatic rings. The Morgan fingerprint density at radius 2 is 1.89 bits per heavy atom. The van der Waals surface area contributed by atoms with Crippen molar-refractivity contribution in [3.05, 3.63) is 82.4 Å². The van der Waals surface area contributed by atoms with E-state index in [1.807, 2.05) is 61.5 Å². The van der Waals surface area contributed by atoms with Crippen molar-refractivity contribution in [3.63, 3.8) is 0 Å². The van der Waals surface area contributed by atoms with Crippen LogP contribution in [0.2, 0.25) is 0 Å². The standard InChI is InChI=1S/C30H25N3O3S/c1-18-5-8-22(14-25(18)33-29(35)20-3-2-4-21(13-20)30(17-31)11-12-30)36-23-9-10-24-27(15-23)37-28(32-24)16-26(34)19-6-7-19/h2-5,8-10,13-15,19H,6-7,11-12,16H2,1H3,(H,33,35). The Morgan fingerprint density at radius 1 is 1.11 bits per heavy atom. The van der Waals surface area contributed by atoms with Gasteiger partial charge in [0.25, 0.3) is 5.91 Å². The maximum atomic E-state index is 13.0. The summed E-state index contributed by atoms with van der Waals surface area (Å²) >= 11 is 1.53. The number of carbonyl (C=O) groups excluding carboxylic acids is 2. The van der Waals surface area contributed by atoms with Crippen molar-refractivity contribution in [2.45, 2.75) is 44.4 Å². The number of nitrogens with zero attached hydrogens (tertiary/aromatic N) is 2. The minimum atomic E-state index is -0.438. The second-order valence-electron chi connectivity index (χ2n) is 9.96. The molecule has 6 nitrogen and oxygen atoms in total. The number of aryl methyl sites for hydroxylation is 1. The number of nitriles is 1. The molecule has 2 saturated carbocycles. The minimum Gasteiger partial charge on any atom is -0.457 e. The fraction of sp³-hybridized carbons (Fsp3) is 0.267. The van der Waals surface area contributed by atoms with E-state index in [-0.39, 0.29) is 17.6 Å². The number of ketones is 1. The van der Waals surface area contributed by atoms with E-state index >= 15 is 0 Å². The van der Waals surface area contributed by atoms with Crippen molar-refractivity contribution in [2.24, 2.45) is 5.92 Å². The van der Waals surface area contributed by atoms with Gasteiger partial charge in [0.15, 0.2) is 0 Å². The zero-order valence-electron chi connectivity index (χ0n) is 20.4. The van der Waals surface area contributed by atoms with E-state index in [1.165, 1.54) is 11.3 Å². The van der Waals surface area contributed by atoms with Crippen LogP contribution in [-0.4, -0.2) is 16.7 Å². The summed E-state index contributed by atoms with van der Waals surface area (Å²) in [7, 11) is 0. The van der Waals surface area contributed by atoms with E-state index in [0.717, 1.165) is 52.0 Å². The molecule has 0 unspecified atom stereocenters. The molecular weight excluding hydrogens is 482 g/mol. The quantitative estimate of drug-likeness (QED) is 0.286. The maximum Gasteiger partial charge on any atom is 0.255 e. The third-order valence-corrected chi connectivity index (χ3v) is 8.11. The summed E-state index contributed by atoms with van der Waals surface area (Å²) in [6.45, 7) is 1.93. The number of hydrogen-bond acceptors (Lipinski definition) is 6. The number of hydrogen-bond donors (Lipinski definition) is 1. The van der Waals surface area contributed by atoms with Gasteiger partial charge in [-0.3, -0.25) is 9.59 Å². The van der Waals surface area contributed by atoms with Gasteiger partial charge in [0.2, 0.25) is 0 Å². The SMILES string of the molecule is Cc1ccc(Oc2ccc3nc(CC(=O)C4CC4)sc3c2)cc1NC(=O)c1cccc(C2(C#N)CC2)c1. The van der Waals surface area contributed by atoms with E-state index < -0.39 is 5.41 Å². The van der Waals surface area contributed by atoms with Gasteiger partial charge in [0, 0.05) is 29.3 Å². The highest BCUT2D eigenvalue weighted by Gasteiger charge is 2.45. The van der Waals surface area contributed by atoms with Crippen LogP contribution in [0.1, 0.15) is 52.2 Å². The monoisotopic (exact) mass is 507 g/mol. The molecule has 4 aromatic rings. The molecule has 0 aliphatic heterocycles. The van der Waals surface area contributed by atoms with Gasteiger partial charge >= 0.3 is 0 Å². The number of carbonyl (C=O) groups is 2. The predicted molar refractivity (Wildman–Crippen MR) is 143 cm³/mol. The van der Waals surface area contributed by atoms with Crippen LogP contribution in [0.3, 0.4) is 0 Å². The summed E-state index contributed by atoms with van der Waals surface area (Å²) in [5.41, 5.74) is 3.42. The summed E-state index contributed by atoms with van der Waals surface area (Å²) < 4.78 is 7.09. The second kappa shape index (κ2) is 9.13. The molecule has 7 heteroatoms. The van der Waals surface area contributed by atoms with Gasteiger partial charge in [-0.2, -0.15) is 5.26 Å². The van der Waals surface area contributed by atoms with Crippen LogP contribution in [0.25, 0.3) is 10.2 Å². The van der Waals surface area contributed by atoms with Crippen molar-refractivity contribution >= 4 is 38.9 Å². The van der Waals surface area contributed by atoms with Crippen LogP contribution in [-0.2, 0) is 16.6 Å². The van der Waals surface area contributed by atoms with Crippen LogP contribution in [0.15, 0.2) is 60.7 Å². The molecule has 1 aromatic heterocycles. The summed E-state index contributed by atoms with van der Waals surface area (Å²) in [5.74, 6) is 1.56. The van der Waals surface area contributed by atoms with E-state index in [2.05, 4.69) is 16.4 Å². The zero-order chi connectivity index (χ0) is 25.6. The third-order valence-electron chi connectivity index (χ3n) is 7.10. The molecule has 0 spiro atoms. The summed E-state index contributed by atoms with van der Waals surface area (Å²) in [6, 6.07) is 21.0. The third kappa shape index (κ3) is 4.85. The highest BCUT2D eigenvalue weighted by Crippen LogP contribution is 2.47. The van der Waals surface area contributed by atoms with Gasteiger partial charge in [-0.25, -0.2) is 4.98 Å². The first kappa shape index (κ1) is 23.4. The van der Waals surface area contributed by atoms with Gasteiger partial charge in [-0.15, -0.1) is 11.3 Å². The molecule has 3 aromatic carbocycles. The van der Waals surface area contributed by atoms with Crippen LogP contribution < -0.4 is 10.1 Å². The molecule has 1 heterocycles. The van der Waals surface area contributed by atoms with Gasteiger partial charge < -0.3 is 10.1 Å². The Bertz CT molecular complexity index is 1590. The average molecular weight is 508 g/mol. The topological polar surface area (TPSA) is 92.1 Å². The average Bonchev–Trinajstić information content (AvgIpc) is 3.83. The number of Topliss-reactive ketones (excluding diaryl/α,β-unsaturated/α-hetero) is 1. The lowest BCUT2D eigenvalue weighted by atomic mass is 9.96. The van der Waals surface area contributed by atoms with E-state index in [0.29, 0.717) is 29.2 Å². The van der Waals surface area contributed by atoms with Crippen molar-refractivity contribution in [3.8, 4) is 17.6 Å². The zero-order valence-corrected chi connectivity index (χ0v) is 21.2. The molecule has 0 saturated heterocycles. The van der Waals surface area contributed by atoms with E-state index in [1.54, 1.807) is 6.07 Å². The summed E-state index contributed by atoms with van der Waals surface area (Å²) in [6.07, 6.45) is 4.09. The van der Waals surface area contributed by atoms with Crippen LogP contribution in [0.4, 0.5) is 5.69 Å². The van der Waals surface area contributed by atoms with Crippen LogP contribution in [0.5, 0.6) is 11.5 Å². The molecule has 0 bridgehead atoms. The molecule has 2 aliphatic carbocycles. The lowest BCUT2D eigenvalue weighted by molar-refractivity contribution is -0.119. The Hall–Kier alpha value is -4.02. The number of nitrogens with one attached hydrogen (secondary N) is 1. The normalized spacial score (nSPS) is 15.7. The Kier molecular flexibility index (Phi) is 5.77.